The molecule has 0 aliphatic heterocycles. The Hall–Kier alpha value is -2.04. The molecule has 0 bridgehead atoms. The van der Waals surface area contributed by atoms with E-state index in [0.29, 0.717) is 41.5 Å². The standard InChI is InChI=1S/C21H24Cl2N2O2/c1-4-25(14-15-8-10-17(11-9-15)21(27)24(2)3)19(26)13-12-16-6-5-7-18(22)20(16)23/h5-11H,4,12-14H2,1-3H3. The van der Waals surface area contributed by atoms with E-state index in [4.69, 9.17) is 23.2 Å². The van der Waals surface area contributed by atoms with Crippen LogP contribution in [-0.2, 0) is 17.8 Å². The summed E-state index contributed by atoms with van der Waals surface area (Å²) in [6.07, 6.45) is 0.913. The zero-order valence-electron chi connectivity index (χ0n) is 15.8. The normalized spacial score (nSPS) is 10.6. The molecule has 27 heavy (non-hydrogen) atoms. The maximum Gasteiger partial charge on any atom is 0.253 e. The van der Waals surface area contributed by atoms with E-state index >= 15 is 0 Å². The zero-order valence-corrected chi connectivity index (χ0v) is 17.3. The number of benzene rings is 2. The lowest BCUT2D eigenvalue weighted by atomic mass is 10.1. The average Bonchev–Trinajstić information content (AvgIpc) is 2.66. The molecule has 0 N–H and O–H groups in total. The highest BCUT2D eigenvalue weighted by molar-refractivity contribution is 6.42. The van der Waals surface area contributed by atoms with E-state index in [2.05, 4.69) is 0 Å². The molecule has 2 amide bonds. The first-order valence-corrected chi connectivity index (χ1v) is 9.60. The van der Waals surface area contributed by atoms with Gasteiger partial charge in [-0.05, 0) is 42.7 Å². The fourth-order valence-corrected chi connectivity index (χ4v) is 3.16. The topological polar surface area (TPSA) is 40.6 Å². The molecule has 0 aliphatic rings. The van der Waals surface area contributed by atoms with Crippen LogP contribution in [0.25, 0.3) is 0 Å². The highest BCUT2D eigenvalue weighted by atomic mass is 35.5. The summed E-state index contributed by atoms with van der Waals surface area (Å²) in [7, 11) is 3.44. The van der Waals surface area contributed by atoms with Crippen molar-refractivity contribution in [3.8, 4) is 0 Å². The maximum atomic E-state index is 12.6. The molecule has 0 atom stereocenters. The van der Waals surface area contributed by atoms with E-state index in [1.54, 1.807) is 37.2 Å². The van der Waals surface area contributed by atoms with Crippen LogP contribution in [0.5, 0.6) is 0 Å². The van der Waals surface area contributed by atoms with Crippen LogP contribution in [0, 0.1) is 0 Å². The van der Waals surface area contributed by atoms with Crippen molar-refractivity contribution in [1.29, 1.82) is 0 Å². The smallest absolute Gasteiger partial charge is 0.253 e. The number of halogens is 2. The van der Waals surface area contributed by atoms with Gasteiger partial charge in [0.15, 0.2) is 0 Å². The van der Waals surface area contributed by atoms with Gasteiger partial charge in [-0.25, -0.2) is 0 Å². The van der Waals surface area contributed by atoms with E-state index in [1.807, 2.05) is 31.2 Å². The number of hydrogen-bond acceptors (Lipinski definition) is 2. The number of carbonyl (C=O) groups is 2. The Labute approximate surface area is 170 Å². The number of rotatable bonds is 7. The Bertz CT molecular complexity index is 804. The Morgan fingerprint density at radius 3 is 2.26 bits per heavy atom. The largest absolute Gasteiger partial charge is 0.345 e. The van der Waals surface area contributed by atoms with Crippen molar-refractivity contribution in [2.75, 3.05) is 20.6 Å². The monoisotopic (exact) mass is 406 g/mol. The Kier molecular flexibility index (Phi) is 7.69. The molecule has 2 aromatic rings. The molecule has 2 rings (SSSR count). The molecule has 0 aromatic heterocycles. The summed E-state index contributed by atoms with van der Waals surface area (Å²) in [4.78, 5) is 27.9. The van der Waals surface area contributed by atoms with Gasteiger partial charge in [-0.2, -0.15) is 0 Å². The molecule has 144 valence electrons. The van der Waals surface area contributed by atoms with Crippen LogP contribution < -0.4 is 0 Å². The molecule has 0 saturated carbocycles. The lowest BCUT2D eigenvalue weighted by Gasteiger charge is -2.21. The second-order valence-electron chi connectivity index (χ2n) is 6.52. The van der Waals surface area contributed by atoms with Gasteiger partial charge in [0.1, 0.15) is 0 Å². The third-order valence-electron chi connectivity index (χ3n) is 4.35. The SMILES string of the molecule is CCN(Cc1ccc(C(=O)N(C)C)cc1)C(=O)CCc1cccc(Cl)c1Cl. The van der Waals surface area contributed by atoms with Gasteiger partial charge >= 0.3 is 0 Å². The second-order valence-corrected chi connectivity index (χ2v) is 7.30. The summed E-state index contributed by atoms with van der Waals surface area (Å²) in [5, 5.41) is 1.01. The van der Waals surface area contributed by atoms with E-state index < -0.39 is 0 Å². The Morgan fingerprint density at radius 1 is 1.00 bits per heavy atom. The quantitative estimate of drug-likeness (QED) is 0.669. The van der Waals surface area contributed by atoms with Crippen LogP contribution in [0.4, 0.5) is 0 Å². The van der Waals surface area contributed by atoms with Gasteiger partial charge in [-0.3, -0.25) is 9.59 Å². The molecule has 0 heterocycles. The van der Waals surface area contributed by atoms with Crippen molar-refractivity contribution in [2.45, 2.75) is 26.3 Å². The number of amides is 2. The van der Waals surface area contributed by atoms with Gasteiger partial charge in [-0.1, -0.05) is 47.5 Å². The van der Waals surface area contributed by atoms with Crippen molar-refractivity contribution in [1.82, 2.24) is 9.80 Å². The summed E-state index contributed by atoms with van der Waals surface area (Å²) in [6, 6.07) is 12.8. The van der Waals surface area contributed by atoms with E-state index in [0.717, 1.165) is 11.1 Å². The molecular formula is C21H24Cl2N2O2. The van der Waals surface area contributed by atoms with Crippen LogP contribution in [0.3, 0.4) is 0 Å². The average molecular weight is 407 g/mol. The minimum atomic E-state index is -0.0385. The molecule has 0 saturated heterocycles. The molecule has 0 aliphatic carbocycles. The van der Waals surface area contributed by atoms with Gasteiger partial charge in [0.2, 0.25) is 5.91 Å². The Morgan fingerprint density at radius 2 is 1.67 bits per heavy atom. The third kappa shape index (κ3) is 5.72. The number of hydrogen-bond donors (Lipinski definition) is 0. The van der Waals surface area contributed by atoms with Crippen molar-refractivity contribution < 1.29 is 9.59 Å². The minimum Gasteiger partial charge on any atom is -0.345 e. The molecule has 2 aromatic carbocycles. The molecular weight excluding hydrogens is 383 g/mol. The highest BCUT2D eigenvalue weighted by Gasteiger charge is 2.14. The molecule has 0 spiro atoms. The predicted molar refractivity (Wildman–Crippen MR) is 110 cm³/mol. The first kappa shape index (κ1) is 21.3. The summed E-state index contributed by atoms with van der Waals surface area (Å²) < 4.78 is 0. The maximum absolute atomic E-state index is 12.6. The van der Waals surface area contributed by atoms with Gasteiger partial charge < -0.3 is 9.80 Å². The lowest BCUT2D eigenvalue weighted by molar-refractivity contribution is -0.131. The number of aryl methyl sites for hydroxylation is 1. The summed E-state index contributed by atoms with van der Waals surface area (Å²) in [5.74, 6) is 0.0189. The van der Waals surface area contributed by atoms with E-state index in [1.165, 1.54) is 4.90 Å². The van der Waals surface area contributed by atoms with Crippen LogP contribution in [0.2, 0.25) is 10.0 Å². The predicted octanol–water partition coefficient (Wildman–Crippen LogP) is 4.68. The minimum absolute atomic E-state index is 0.0385. The fraction of sp³-hybridized carbons (Fsp3) is 0.333. The van der Waals surface area contributed by atoms with Crippen molar-refractivity contribution >= 4 is 35.0 Å². The molecule has 6 heteroatoms. The lowest BCUT2D eigenvalue weighted by Crippen LogP contribution is -2.30. The summed E-state index contributed by atoms with van der Waals surface area (Å²) in [6.45, 7) is 3.07. The van der Waals surface area contributed by atoms with Crippen LogP contribution >= 0.6 is 23.2 Å². The summed E-state index contributed by atoms with van der Waals surface area (Å²) in [5.41, 5.74) is 2.50. The van der Waals surface area contributed by atoms with Crippen LogP contribution in [0.1, 0.15) is 34.8 Å². The molecule has 0 fully saturated rings. The second kappa shape index (κ2) is 9.77. The van der Waals surface area contributed by atoms with Crippen molar-refractivity contribution in [3.63, 3.8) is 0 Å². The van der Waals surface area contributed by atoms with Crippen LogP contribution in [0.15, 0.2) is 42.5 Å². The van der Waals surface area contributed by atoms with Gasteiger partial charge in [0.05, 0.1) is 10.0 Å². The van der Waals surface area contributed by atoms with Crippen LogP contribution in [-0.4, -0.2) is 42.3 Å². The molecule has 0 unspecified atom stereocenters. The summed E-state index contributed by atoms with van der Waals surface area (Å²) >= 11 is 12.2. The zero-order chi connectivity index (χ0) is 20.0. The van der Waals surface area contributed by atoms with E-state index in [-0.39, 0.29) is 11.8 Å². The highest BCUT2D eigenvalue weighted by Crippen LogP contribution is 2.26. The number of nitrogens with zero attached hydrogens (tertiary/aromatic N) is 2. The third-order valence-corrected chi connectivity index (χ3v) is 5.21. The van der Waals surface area contributed by atoms with Gasteiger partial charge in [0, 0.05) is 39.2 Å². The van der Waals surface area contributed by atoms with E-state index in [9.17, 15) is 9.59 Å². The Balaban J connectivity index is 1.98. The molecule has 0 radical (unpaired) electrons. The fourth-order valence-electron chi connectivity index (χ4n) is 2.75. The number of carbonyl (C=O) groups excluding carboxylic acids is 2. The molecule has 4 nitrogen and oxygen atoms in total. The van der Waals surface area contributed by atoms with Crippen molar-refractivity contribution in [2.24, 2.45) is 0 Å². The first-order chi connectivity index (χ1) is 12.8. The van der Waals surface area contributed by atoms with Crippen molar-refractivity contribution in [3.05, 3.63) is 69.2 Å². The van der Waals surface area contributed by atoms with Gasteiger partial charge in [-0.15, -0.1) is 0 Å². The van der Waals surface area contributed by atoms with Gasteiger partial charge in [0.25, 0.3) is 5.91 Å². The first-order valence-electron chi connectivity index (χ1n) is 8.84.